The number of aryl methyl sites for hydroxylation is 1. The van der Waals surface area contributed by atoms with Crippen molar-refractivity contribution in [3.63, 3.8) is 0 Å². The van der Waals surface area contributed by atoms with Gasteiger partial charge in [0.2, 0.25) is 0 Å². The predicted octanol–water partition coefficient (Wildman–Crippen LogP) is 1.33. The predicted molar refractivity (Wildman–Crippen MR) is 65.0 cm³/mol. The van der Waals surface area contributed by atoms with Crippen LogP contribution in [-0.2, 0) is 0 Å². The number of hydrogen-bond acceptors (Lipinski definition) is 4. The first-order valence-corrected chi connectivity index (χ1v) is 5.13. The number of nitrogens with one attached hydrogen (secondary N) is 1. The molecule has 4 heteroatoms. The summed E-state index contributed by atoms with van der Waals surface area (Å²) in [5, 5.41) is 3.30. The van der Waals surface area contributed by atoms with Crippen LogP contribution < -0.4 is 11.1 Å². The van der Waals surface area contributed by atoms with Crippen molar-refractivity contribution in [2.45, 2.75) is 19.9 Å². The van der Waals surface area contributed by atoms with Crippen LogP contribution in [-0.4, -0.2) is 36.6 Å². The molecule has 0 aliphatic carbocycles. The number of hydrogen-bond donors (Lipinski definition) is 2. The molecule has 3 N–H and O–H groups in total. The van der Waals surface area contributed by atoms with Crippen molar-refractivity contribution < 1.29 is 0 Å². The van der Waals surface area contributed by atoms with Gasteiger partial charge >= 0.3 is 0 Å². The zero-order chi connectivity index (χ0) is 11.4. The van der Waals surface area contributed by atoms with Crippen LogP contribution in [0, 0.1) is 6.92 Å². The van der Waals surface area contributed by atoms with E-state index in [0.717, 1.165) is 18.1 Å². The maximum atomic E-state index is 5.83. The van der Waals surface area contributed by atoms with Crippen molar-refractivity contribution in [1.29, 1.82) is 0 Å². The van der Waals surface area contributed by atoms with Gasteiger partial charge in [-0.2, -0.15) is 0 Å². The van der Waals surface area contributed by atoms with Gasteiger partial charge in [0.15, 0.2) is 0 Å². The van der Waals surface area contributed by atoms with Crippen LogP contribution in [0.1, 0.15) is 12.6 Å². The number of rotatable bonds is 4. The molecule has 0 saturated heterocycles. The molecule has 1 unspecified atom stereocenters. The number of anilines is 2. The van der Waals surface area contributed by atoms with Crippen molar-refractivity contribution in [2.24, 2.45) is 0 Å². The average molecular weight is 208 g/mol. The van der Waals surface area contributed by atoms with Crippen LogP contribution in [0.4, 0.5) is 11.5 Å². The van der Waals surface area contributed by atoms with Gasteiger partial charge in [0.1, 0.15) is 5.82 Å². The van der Waals surface area contributed by atoms with Gasteiger partial charge in [0, 0.05) is 18.3 Å². The lowest BCUT2D eigenvalue weighted by molar-refractivity contribution is 0.392. The van der Waals surface area contributed by atoms with Gasteiger partial charge < -0.3 is 16.0 Å². The Balaban J connectivity index is 2.67. The summed E-state index contributed by atoms with van der Waals surface area (Å²) in [6, 6.07) is 4.13. The van der Waals surface area contributed by atoms with E-state index < -0.39 is 0 Å². The fraction of sp³-hybridized carbons (Fsp3) is 0.545. The molecule has 84 valence electrons. The Labute approximate surface area is 91.5 Å². The van der Waals surface area contributed by atoms with Crippen LogP contribution in [0.15, 0.2) is 12.1 Å². The summed E-state index contributed by atoms with van der Waals surface area (Å²) >= 11 is 0. The molecule has 1 atom stereocenters. The first-order chi connectivity index (χ1) is 6.99. The highest BCUT2D eigenvalue weighted by atomic mass is 15.1. The van der Waals surface area contributed by atoms with Crippen molar-refractivity contribution in [3.8, 4) is 0 Å². The normalized spacial score (nSPS) is 12.9. The minimum absolute atomic E-state index is 0.330. The fourth-order valence-corrected chi connectivity index (χ4v) is 1.51. The molecule has 0 saturated carbocycles. The van der Waals surface area contributed by atoms with Crippen LogP contribution in [0.25, 0.3) is 0 Å². The fourth-order valence-electron chi connectivity index (χ4n) is 1.51. The van der Waals surface area contributed by atoms with E-state index in [1.165, 1.54) is 0 Å². The maximum absolute atomic E-state index is 5.83. The zero-order valence-corrected chi connectivity index (χ0v) is 9.91. The Kier molecular flexibility index (Phi) is 3.91. The number of pyridine rings is 1. The van der Waals surface area contributed by atoms with Gasteiger partial charge in [-0.3, -0.25) is 0 Å². The van der Waals surface area contributed by atoms with E-state index >= 15 is 0 Å². The molecule has 1 aromatic rings. The van der Waals surface area contributed by atoms with E-state index in [1.54, 1.807) is 0 Å². The minimum Gasteiger partial charge on any atom is -0.396 e. The van der Waals surface area contributed by atoms with Gasteiger partial charge in [-0.15, -0.1) is 0 Å². The molecule has 1 aromatic heterocycles. The van der Waals surface area contributed by atoms with Crippen molar-refractivity contribution >= 4 is 11.5 Å². The second-order valence-electron chi connectivity index (χ2n) is 4.20. The molecule has 15 heavy (non-hydrogen) atoms. The van der Waals surface area contributed by atoms with E-state index in [0.29, 0.717) is 11.7 Å². The highest BCUT2D eigenvalue weighted by Gasteiger charge is 2.06. The topological polar surface area (TPSA) is 54.2 Å². The average Bonchev–Trinajstić information content (AvgIpc) is 2.10. The highest BCUT2D eigenvalue weighted by molar-refractivity contribution is 5.61. The third-order valence-corrected chi connectivity index (χ3v) is 2.09. The summed E-state index contributed by atoms with van der Waals surface area (Å²) in [4.78, 5) is 6.49. The Morgan fingerprint density at radius 3 is 2.73 bits per heavy atom. The maximum Gasteiger partial charge on any atom is 0.149 e. The molecule has 0 amide bonds. The zero-order valence-electron chi connectivity index (χ0n) is 9.91. The first kappa shape index (κ1) is 11.8. The van der Waals surface area contributed by atoms with Crippen LogP contribution in [0.3, 0.4) is 0 Å². The van der Waals surface area contributed by atoms with Gasteiger partial charge in [-0.05, 0) is 40.1 Å². The second kappa shape index (κ2) is 4.98. The van der Waals surface area contributed by atoms with E-state index in [1.807, 2.05) is 33.2 Å². The number of aromatic nitrogens is 1. The largest absolute Gasteiger partial charge is 0.396 e. The molecule has 0 aromatic carbocycles. The van der Waals surface area contributed by atoms with Gasteiger partial charge in [-0.1, -0.05) is 0 Å². The number of nitrogens with two attached hydrogens (primary N) is 1. The molecular formula is C11H20N4. The number of likely N-dealkylation sites (N-methyl/N-ethyl adjacent to an activating group) is 1. The number of nitrogens with zero attached hydrogens (tertiary/aromatic N) is 2. The summed E-state index contributed by atoms with van der Waals surface area (Å²) in [7, 11) is 4.09. The van der Waals surface area contributed by atoms with Gasteiger partial charge in [0.05, 0.1) is 5.69 Å². The Hall–Kier alpha value is -1.29. The Bertz CT molecular complexity index is 322. The van der Waals surface area contributed by atoms with Gasteiger partial charge in [0.25, 0.3) is 0 Å². The number of nitrogen functional groups attached to an aromatic ring is 1. The van der Waals surface area contributed by atoms with Crippen molar-refractivity contribution in [1.82, 2.24) is 9.88 Å². The SMILES string of the molecule is Cc1ccc(N)c(NC(C)CN(C)C)n1. The first-order valence-electron chi connectivity index (χ1n) is 5.13. The lowest BCUT2D eigenvalue weighted by Gasteiger charge is -2.19. The summed E-state index contributed by atoms with van der Waals surface area (Å²) in [6.07, 6.45) is 0. The molecule has 4 nitrogen and oxygen atoms in total. The summed E-state index contributed by atoms with van der Waals surface area (Å²) in [5.41, 5.74) is 7.51. The third kappa shape index (κ3) is 3.75. The van der Waals surface area contributed by atoms with Gasteiger partial charge in [-0.25, -0.2) is 4.98 Å². The molecule has 0 aliphatic rings. The summed E-state index contributed by atoms with van der Waals surface area (Å²) in [6.45, 7) is 5.03. The van der Waals surface area contributed by atoms with Crippen LogP contribution >= 0.6 is 0 Å². The van der Waals surface area contributed by atoms with Crippen molar-refractivity contribution in [2.75, 3.05) is 31.7 Å². The lowest BCUT2D eigenvalue weighted by Crippen LogP contribution is -2.30. The Morgan fingerprint density at radius 2 is 2.13 bits per heavy atom. The van der Waals surface area contributed by atoms with E-state index in [-0.39, 0.29) is 0 Å². The van der Waals surface area contributed by atoms with Crippen molar-refractivity contribution in [3.05, 3.63) is 17.8 Å². The molecule has 0 aliphatic heterocycles. The van der Waals surface area contributed by atoms with Crippen LogP contribution in [0.2, 0.25) is 0 Å². The van der Waals surface area contributed by atoms with E-state index in [9.17, 15) is 0 Å². The third-order valence-electron chi connectivity index (χ3n) is 2.09. The quantitative estimate of drug-likeness (QED) is 0.784. The standard InChI is InChI=1S/C11H20N4/c1-8-5-6-10(12)11(13-8)14-9(2)7-15(3)4/h5-6,9H,7,12H2,1-4H3,(H,13,14). The molecular weight excluding hydrogens is 188 g/mol. The smallest absolute Gasteiger partial charge is 0.149 e. The second-order valence-corrected chi connectivity index (χ2v) is 4.20. The van der Waals surface area contributed by atoms with Crippen LogP contribution in [0.5, 0.6) is 0 Å². The molecule has 0 radical (unpaired) electrons. The lowest BCUT2D eigenvalue weighted by atomic mass is 10.3. The molecule has 1 rings (SSSR count). The molecule has 0 bridgehead atoms. The summed E-state index contributed by atoms with van der Waals surface area (Å²) in [5.74, 6) is 0.782. The molecule has 1 heterocycles. The van der Waals surface area contributed by atoms with E-state index in [2.05, 4.69) is 22.1 Å². The van der Waals surface area contributed by atoms with E-state index in [4.69, 9.17) is 5.73 Å². The minimum atomic E-state index is 0.330. The molecule has 0 spiro atoms. The summed E-state index contributed by atoms with van der Waals surface area (Å²) < 4.78 is 0. The Morgan fingerprint density at radius 1 is 1.47 bits per heavy atom. The monoisotopic (exact) mass is 208 g/mol. The highest BCUT2D eigenvalue weighted by Crippen LogP contribution is 2.16. The molecule has 0 fully saturated rings.